The molecule has 0 bridgehead atoms. The van der Waals surface area contributed by atoms with Gasteiger partial charge in [-0.3, -0.25) is 0 Å². The Labute approximate surface area is 289 Å². The van der Waals surface area contributed by atoms with Crippen LogP contribution in [-0.2, 0) is 9.47 Å². The number of aromatic nitrogens is 4. The van der Waals surface area contributed by atoms with Gasteiger partial charge in [-0.25, -0.2) is 41.5 Å². The number of nitrogens with two attached hydrogens (primary N) is 1. The lowest BCUT2D eigenvalue weighted by molar-refractivity contribution is 0.0592. The third-order valence-electron chi connectivity index (χ3n) is 7.34. The van der Waals surface area contributed by atoms with Crippen molar-refractivity contribution in [1.29, 1.82) is 0 Å². The van der Waals surface area contributed by atoms with Gasteiger partial charge in [-0.1, -0.05) is 60.7 Å². The van der Waals surface area contributed by atoms with Crippen LogP contribution in [0.3, 0.4) is 0 Å². The first kappa shape index (κ1) is 35.7. The minimum atomic E-state index is -2.81. The number of methoxy groups -OCH3 is 2. The number of benzene rings is 4. The molecule has 4 aromatic carbocycles. The normalized spacial score (nSPS) is 10.7. The molecule has 2 heterocycles. The summed E-state index contributed by atoms with van der Waals surface area (Å²) in [5.74, 6) is -0.953. The van der Waals surface area contributed by atoms with E-state index in [0.29, 0.717) is 28.2 Å². The lowest BCUT2D eigenvalue weighted by Crippen LogP contribution is -2.02. The molecule has 0 atom stereocenters. The third-order valence-corrected chi connectivity index (χ3v) is 7.34. The predicted molar refractivity (Wildman–Crippen MR) is 182 cm³/mol. The van der Waals surface area contributed by atoms with Crippen LogP contribution < -0.4 is 5.73 Å². The van der Waals surface area contributed by atoms with Crippen molar-refractivity contribution in [2.24, 2.45) is 4.99 Å². The van der Waals surface area contributed by atoms with Crippen molar-refractivity contribution in [3.8, 4) is 11.4 Å². The van der Waals surface area contributed by atoms with Gasteiger partial charge in [-0.05, 0) is 48.5 Å². The van der Waals surface area contributed by atoms with Crippen molar-refractivity contribution in [2.45, 2.75) is 12.9 Å². The zero-order valence-corrected chi connectivity index (χ0v) is 27.2. The number of ether oxygens (including phenoxy) is 2. The molecule has 0 radical (unpaired) electrons. The number of rotatable bonds is 9. The van der Waals surface area contributed by atoms with Crippen LogP contribution in [0, 0.1) is 0 Å². The number of esters is 2. The van der Waals surface area contributed by atoms with Crippen LogP contribution in [0.15, 0.2) is 127 Å². The number of halogens is 4. The van der Waals surface area contributed by atoms with E-state index in [0.717, 1.165) is 11.1 Å². The van der Waals surface area contributed by atoms with Crippen LogP contribution in [0.25, 0.3) is 11.4 Å². The molecule has 0 aliphatic rings. The Balaban J connectivity index is 0.000000226. The van der Waals surface area contributed by atoms with E-state index in [1.807, 2.05) is 60.7 Å². The first-order chi connectivity index (χ1) is 24.6. The Morgan fingerprint density at radius 3 is 1.41 bits per heavy atom. The second kappa shape index (κ2) is 16.2. The lowest BCUT2D eigenvalue weighted by atomic mass is 10.0. The van der Waals surface area contributed by atoms with Gasteiger partial charge in [0.05, 0.1) is 60.5 Å². The quantitative estimate of drug-likeness (QED) is 0.0923. The summed E-state index contributed by atoms with van der Waals surface area (Å²) in [5.41, 5.74) is 8.46. The molecule has 0 amide bonds. The van der Waals surface area contributed by atoms with Gasteiger partial charge in [0.1, 0.15) is 5.69 Å². The SMILES string of the molecule is COC(=O)c1ccc(-n2cc(N)c(C(F)F)n2)cc1.COC(=O)c1ccc(-n2cc(N=C(c3ccccc3)c3ccccc3)c(C(F)F)n2)cc1. The molecule has 0 saturated heterocycles. The summed E-state index contributed by atoms with van der Waals surface area (Å²) in [5, 5.41) is 7.76. The summed E-state index contributed by atoms with van der Waals surface area (Å²) in [7, 11) is 2.57. The Hall–Kier alpha value is -6.57. The first-order valence-corrected chi connectivity index (χ1v) is 15.2. The Kier molecular flexibility index (Phi) is 11.4. The molecule has 14 heteroatoms. The maximum absolute atomic E-state index is 13.8. The number of carbonyl (C=O) groups excluding carboxylic acids is 2. The van der Waals surface area contributed by atoms with Crippen LogP contribution >= 0.6 is 0 Å². The third kappa shape index (κ3) is 8.54. The molecule has 0 unspecified atom stereocenters. The molecule has 0 aliphatic carbocycles. The van der Waals surface area contributed by atoms with Crippen LogP contribution in [0.4, 0.5) is 28.9 Å². The van der Waals surface area contributed by atoms with Gasteiger partial charge in [0.25, 0.3) is 12.9 Å². The minimum Gasteiger partial charge on any atom is -0.465 e. The standard InChI is InChI=1S/C25H19F2N3O2.C12H11F2N3O2/c1-32-25(31)19-12-14-20(15-13-19)30-16-21(23(29-30)24(26)27)28-22(17-8-4-2-5-9-17)18-10-6-3-7-11-18;1-19-12(18)7-2-4-8(5-3-7)17-6-9(15)10(16-17)11(13)14/h2-16,24H,1H3;2-6,11H,15H2,1H3. The molecule has 2 aromatic heterocycles. The Bertz CT molecular complexity index is 2080. The highest BCUT2D eigenvalue weighted by molar-refractivity contribution is 6.14. The van der Waals surface area contributed by atoms with Gasteiger partial charge in [-0.15, -0.1) is 0 Å². The molecular weight excluding hydrogens is 668 g/mol. The molecule has 260 valence electrons. The fourth-order valence-electron chi connectivity index (χ4n) is 4.80. The van der Waals surface area contributed by atoms with E-state index < -0.39 is 36.2 Å². The van der Waals surface area contributed by atoms with Crippen molar-refractivity contribution in [3.63, 3.8) is 0 Å². The average molecular weight is 699 g/mol. The van der Waals surface area contributed by atoms with Crippen molar-refractivity contribution in [1.82, 2.24) is 19.6 Å². The topological polar surface area (TPSA) is 127 Å². The van der Waals surface area contributed by atoms with Gasteiger partial charge in [0.15, 0.2) is 11.4 Å². The summed E-state index contributed by atoms with van der Waals surface area (Å²) in [4.78, 5) is 27.5. The Morgan fingerprint density at radius 1 is 0.608 bits per heavy atom. The maximum Gasteiger partial charge on any atom is 0.337 e. The molecule has 6 aromatic rings. The molecule has 10 nitrogen and oxygen atoms in total. The van der Waals surface area contributed by atoms with Crippen molar-refractivity contribution in [3.05, 3.63) is 155 Å². The van der Waals surface area contributed by atoms with Gasteiger partial charge in [0.2, 0.25) is 0 Å². The van der Waals surface area contributed by atoms with E-state index in [-0.39, 0.29) is 11.4 Å². The largest absolute Gasteiger partial charge is 0.465 e. The van der Waals surface area contributed by atoms with Crippen LogP contribution in [0.5, 0.6) is 0 Å². The van der Waals surface area contributed by atoms with Crippen molar-refractivity contribution < 1.29 is 36.6 Å². The highest BCUT2D eigenvalue weighted by atomic mass is 19.3. The highest BCUT2D eigenvalue weighted by Gasteiger charge is 2.21. The average Bonchev–Trinajstić information content (AvgIpc) is 3.78. The lowest BCUT2D eigenvalue weighted by Gasteiger charge is -2.07. The molecule has 51 heavy (non-hydrogen) atoms. The van der Waals surface area contributed by atoms with E-state index in [2.05, 4.69) is 24.7 Å². The summed E-state index contributed by atoms with van der Waals surface area (Å²) in [6.07, 6.45) is -2.78. The minimum absolute atomic E-state index is 0.0692. The molecule has 0 fully saturated rings. The number of hydrogen-bond donors (Lipinski definition) is 1. The number of nitrogen functional groups attached to an aromatic ring is 1. The maximum atomic E-state index is 13.8. The smallest absolute Gasteiger partial charge is 0.337 e. The van der Waals surface area contributed by atoms with E-state index in [4.69, 9.17) is 5.73 Å². The zero-order chi connectivity index (χ0) is 36.5. The molecule has 6 rings (SSSR count). The van der Waals surface area contributed by atoms with E-state index in [9.17, 15) is 27.2 Å². The summed E-state index contributed by atoms with van der Waals surface area (Å²) < 4.78 is 64.6. The van der Waals surface area contributed by atoms with Gasteiger partial charge in [0, 0.05) is 11.1 Å². The van der Waals surface area contributed by atoms with Gasteiger partial charge < -0.3 is 15.2 Å². The molecule has 0 spiro atoms. The summed E-state index contributed by atoms with van der Waals surface area (Å²) in [6.45, 7) is 0. The highest BCUT2D eigenvalue weighted by Crippen LogP contribution is 2.31. The van der Waals surface area contributed by atoms with Gasteiger partial charge >= 0.3 is 11.9 Å². The van der Waals surface area contributed by atoms with E-state index in [1.165, 1.54) is 48.1 Å². The number of alkyl halides is 4. The second-order valence-corrected chi connectivity index (χ2v) is 10.6. The first-order valence-electron chi connectivity index (χ1n) is 15.2. The van der Waals surface area contributed by atoms with Crippen LogP contribution in [-0.4, -0.2) is 51.4 Å². The number of aliphatic imine (C=N–C) groups is 1. The zero-order valence-electron chi connectivity index (χ0n) is 27.2. The molecule has 2 N–H and O–H groups in total. The van der Waals surface area contributed by atoms with Crippen molar-refractivity contribution >= 4 is 29.0 Å². The fraction of sp³-hybridized carbons (Fsp3) is 0.108. The van der Waals surface area contributed by atoms with Gasteiger partial charge in [-0.2, -0.15) is 10.2 Å². The van der Waals surface area contributed by atoms with E-state index in [1.54, 1.807) is 36.4 Å². The molecule has 0 aliphatic heterocycles. The van der Waals surface area contributed by atoms with Crippen molar-refractivity contribution in [2.75, 3.05) is 20.0 Å². The monoisotopic (exact) mass is 698 g/mol. The Morgan fingerprint density at radius 2 is 1.02 bits per heavy atom. The molecule has 0 saturated carbocycles. The summed E-state index contributed by atoms with van der Waals surface area (Å²) in [6, 6.07) is 31.2. The fourth-order valence-corrected chi connectivity index (χ4v) is 4.80. The van der Waals surface area contributed by atoms with Crippen LogP contribution in [0.2, 0.25) is 0 Å². The second-order valence-electron chi connectivity index (χ2n) is 10.6. The number of nitrogens with zero attached hydrogens (tertiary/aromatic N) is 5. The number of hydrogen-bond acceptors (Lipinski definition) is 8. The predicted octanol–water partition coefficient (Wildman–Crippen LogP) is 7.94. The number of carbonyl (C=O) groups is 2. The van der Waals surface area contributed by atoms with E-state index >= 15 is 0 Å². The number of anilines is 1. The molecular formula is C37H30F4N6O4. The summed E-state index contributed by atoms with van der Waals surface area (Å²) >= 11 is 0. The van der Waals surface area contributed by atoms with Crippen LogP contribution in [0.1, 0.15) is 56.1 Å².